The molecule has 1 aromatic carbocycles. The molecule has 4 rings (SSSR count). The molecule has 7 N–H and O–H groups in total. The summed E-state index contributed by atoms with van der Waals surface area (Å²) in [5.74, 6) is 1.85. The highest BCUT2D eigenvalue weighted by atomic mass is 15.2. The molecular weight excluding hydrogens is 364 g/mol. The van der Waals surface area contributed by atoms with Crippen LogP contribution in [0.4, 0.5) is 17.5 Å². The van der Waals surface area contributed by atoms with Crippen LogP contribution in [0.25, 0.3) is 11.2 Å². The zero-order valence-corrected chi connectivity index (χ0v) is 17.2. The largest absolute Gasteiger partial charge is 0.398 e. The summed E-state index contributed by atoms with van der Waals surface area (Å²) >= 11 is 0. The molecule has 0 atom stereocenters. The van der Waals surface area contributed by atoms with Gasteiger partial charge in [-0.15, -0.1) is 0 Å². The number of rotatable bonds is 5. The van der Waals surface area contributed by atoms with Gasteiger partial charge in [0, 0.05) is 30.7 Å². The molecule has 0 spiro atoms. The molecule has 0 saturated heterocycles. The summed E-state index contributed by atoms with van der Waals surface area (Å²) in [5, 5.41) is 3.44. The number of nitrogens with zero attached hydrogens (tertiary/aromatic N) is 4. The van der Waals surface area contributed by atoms with E-state index < -0.39 is 0 Å². The van der Waals surface area contributed by atoms with Gasteiger partial charge in [0.2, 0.25) is 5.95 Å². The molecule has 1 aliphatic carbocycles. The van der Waals surface area contributed by atoms with E-state index in [0.717, 1.165) is 60.5 Å². The average molecular weight is 395 g/mol. The molecule has 3 aromatic rings. The molecule has 1 fully saturated rings. The maximum atomic E-state index is 6.25. The van der Waals surface area contributed by atoms with Crippen LogP contribution in [0, 0.1) is 6.92 Å². The maximum absolute atomic E-state index is 6.25. The van der Waals surface area contributed by atoms with Crippen molar-refractivity contribution >= 4 is 28.6 Å². The highest BCUT2D eigenvalue weighted by Crippen LogP contribution is 2.26. The summed E-state index contributed by atoms with van der Waals surface area (Å²) in [6.07, 6.45) is 4.70. The van der Waals surface area contributed by atoms with Crippen molar-refractivity contribution in [3.8, 4) is 0 Å². The Bertz CT molecular complexity index is 1020. The van der Waals surface area contributed by atoms with Crippen molar-refractivity contribution in [2.45, 2.75) is 64.6 Å². The molecular formula is C21H30N8. The van der Waals surface area contributed by atoms with Crippen molar-refractivity contribution in [3.05, 3.63) is 35.2 Å². The molecule has 8 nitrogen and oxygen atoms in total. The molecule has 1 aliphatic rings. The van der Waals surface area contributed by atoms with Gasteiger partial charge >= 0.3 is 0 Å². The van der Waals surface area contributed by atoms with Crippen LogP contribution in [0.15, 0.2) is 18.2 Å². The van der Waals surface area contributed by atoms with E-state index in [1.54, 1.807) is 0 Å². The fourth-order valence-corrected chi connectivity index (χ4v) is 4.09. The molecule has 0 aliphatic heterocycles. The molecule has 2 aromatic heterocycles. The van der Waals surface area contributed by atoms with Crippen LogP contribution in [-0.4, -0.2) is 31.6 Å². The number of imidazole rings is 1. The van der Waals surface area contributed by atoms with Crippen LogP contribution in [0.2, 0.25) is 0 Å². The van der Waals surface area contributed by atoms with Crippen LogP contribution in [-0.2, 0) is 13.0 Å². The molecule has 0 unspecified atom stereocenters. The Balaban J connectivity index is 1.66. The van der Waals surface area contributed by atoms with Gasteiger partial charge in [0.05, 0.1) is 0 Å². The molecule has 29 heavy (non-hydrogen) atoms. The van der Waals surface area contributed by atoms with Crippen LogP contribution < -0.4 is 22.5 Å². The van der Waals surface area contributed by atoms with Crippen molar-refractivity contribution in [2.75, 3.05) is 16.8 Å². The Kier molecular flexibility index (Phi) is 5.27. The molecule has 1 saturated carbocycles. The minimum Gasteiger partial charge on any atom is -0.398 e. The maximum Gasteiger partial charge on any atom is 0.226 e. The van der Waals surface area contributed by atoms with E-state index in [9.17, 15) is 0 Å². The van der Waals surface area contributed by atoms with Crippen molar-refractivity contribution in [1.29, 1.82) is 0 Å². The topological polar surface area (TPSA) is 134 Å². The van der Waals surface area contributed by atoms with Crippen LogP contribution >= 0.6 is 0 Å². The van der Waals surface area contributed by atoms with E-state index >= 15 is 0 Å². The predicted molar refractivity (Wildman–Crippen MR) is 118 cm³/mol. The number of hydrogen-bond acceptors (Lipinski definition) is 7. The zero-order valence-electron chi connectivity index (χ0n) is 17.2. The number of benzene rings is 1. The first-order chi connectivity index (χ1) is 13.9. The van der Waals surface area contributed by atoms with Gasteiger partial charge in [0.1, 0.15) is 5.82 Å². The van der Waals surface area contributed by atoms with E-state index in [-0.39, 0.29) is 0 Å². The monoisotopic (exact) mass is 394 g/mol. The van der Waals surface area contributed by atoms with E-state index in [1.165, 1.54) is 0 Å². The minimum absolute atomic E-state index is 0.305. The normalized spacial score (nSPS) is 19.6. The molecule has 8 heteroatoms. The van der Waals surface area contributed by atoms with Crippen molar-refractivity contribution < 1.29 is 0 Å². The molecule has 0 radical (unpaired) electrons. The summed E-state index contributed by atoms with van der Waals surface area (Å²) in [6, 6.07) is 6.74. The fraction of sp³-hybridized carbons (Fsp3) is 0.476. The standard InChI is InChI=1S/C21H30N8/c1-3-29-17(11-13-5-4-12(2)10-16(13)23)26-18-19(24)27-21(28-20(18)29)25-15-8-6-14(22)7-9-15/h4-5,10,14-15H,3,6-9,11,22-23H2,1-2H3,(H3,24,25,27,28). The van der Waals surface area contributed by atoms with Gasteiger partial charge in [-0.2, -0.15) is 9.97 Å². The van der Waals surface area contributed by atoms with Gasteiger partial charge in [-0.3, -0.25) is 0 Å². The summed E-state index contributed by atoms with van der Waals surface area (Å²) in [4.78, 5) is 14.0. The summed E-state index contributed by atoms with van der Waals surface area (Å²) < 4.78 is 2.09. The second kappa shape index (κ2) is 7.87. The second-order valence-corrected chi connectivity index (χ2v) is 8.01. The third-order valence-electron chi connectivity index (χ3n) is 5.77. The first-order valence-electron chi connectivity index (χ1n) is 10.3. The molecule has 2 heterocycles. The minimum atomic E-state index is 0.305. The van der Waals surface area contributed by atoms with Gasteiger partial charge in [-0.05, 0) is 56.7 Å². The highest BCUT2D eigenvalue weighted by molar-refractivity contribution is 5.83. The lowest BCUT2D eigenvalue weighted by Crippen LogP contribution is -2.33. The lowest BCUT2D eigenvalue weighted by atomic mass is 9.92. The van der Waals surface area contributed by atoms with Crippen LogP contribution in [0.1, 0.15) is 49.6 Å². The molecule has 154 valence electrons. The van der Waals surface area contributed by atoms with Crippen LogP contribution in [0.5, 0.6) is 0 Å². The number of aromatic nitrogens is 4. The van der Waals surface area contributed by atoms with Gasteiger partial charge in [-0.25, -0.2) is 4.98 Å². The van der Waals surface area contributed by atoms with E-state index in [2.05, 4.69) is 33.9 Å². The molecule has 0 amide bonds. The number of nitrogen functional groups attached to an aromatic ring is 2. The van der Waals surface area contributed by atoms with Crippen LogP contribution in [0.3, 0.4) is 0 Å². The number of nitrogens with two attached hydrogens (primary N) is 3. The fourth-order valence-electron chi connectivity index (χ4n) is 4.09. The Morgan fingerprint density at radius 1 is 1.10 bits per heavy atom. The average Bonchev–Trinajstić information content (AvgIpc) is 3.03. The number of fused-ring (bicyclic) bond motifs is 1. The number of aryl methyl sites for hydroxylation is 2. The summed E-state index contributed by atoms with van der Waals surface area (Å²) in [5.41, 5.74) is 22.8. The SMILES string of the molecule is CCn1c(Cc2ccc(C)cc2N)nc2c(N)nc(NC3CCC(N)CC3)nc21. The van der Waals surface area contributed by atoms with Gasteiger partial charge in [0.25, 0.3) is 0 Å². The second-order valence-electron chi connectivity index (χ2n) is 8.01. The zero-order chi connectivity index (χ0) is 20.5. The van der Waals surface area contributed by atoms with Crippen molar-refractivity contribution in [1.82, 2.24) is 19.5 Å². The summed E-state index contributed by atoms with van der Waals surface area (Å²) in [6.45, 7) is 4.86. The Labute approximate surface area is 170 Å². The van der Waals surface area contributed by atoms with Gasteiger partial charge < -0.3 is 27.1 Å². The first kappa shape index (κ1) is 19.4. The van der Waals surface area contributed by atoms with Gasteiger partial charge in [-0.1, -0.05) is 12.1 Å². The number of anilines is 3. The number of nitrogens with one attached hydrogen (secondary N) is 1. The predicted octanol–water partition coefficient (Wildman–Crippen LogP) is 2.59. The van der Waals surface area contributed by atoms with Gasteiger partial charge in [0.15, 0.2) is 17.0 Å². The van der Waals surface area contributed by atoms with E-state index in [0.29, 0.717) is 35.8 Å². The lowest BCUT2D eigenvalue weighted by Gasteiger charge is -2.26. The third-order valence-corrected chi connectivity index (χ3v) is 5.77. The lowest BCUT2D eigenvalue weighted by molar-refractivity contribution is 0.410. The molecule has 0 bridgehead atoms. The highest BCUT2D eigenvalue weighted by Gasteiger charge is 2.21. The Hall–Kier alpha value is -2.87. The Morgan fingerprint density at radius 2 is 1.86 bits per heavy atom. The third kappa shape index (κ3) is 3.98. The van der Waals surface area contributed by atoms with E-state index in [1.807, 2.05) is 13.0 Å². The summed E-state index contributed by atoms with van der Waals surface area (Å²) in [7, 11) is 0. The Morgan fingerprint density at radius 3 is 2.55 bits per heavy atom. The van der Waals surface area contributed by atoms with Crippen molar-refractivity contribution in [3.63, 3.8) is 0 Å². The van der Waals surface area contributed by atoms with Crippen molar-refractivity contribution in [2.24, 2.45) is 5.73 Å². The van der Waals surface area contributed by atoms with E-state index in [4.69, 9.17) is 27.2 Å². The quantitative estimate of drug-likeness (QED) is 0.489. The first-order valence-corrected chi connectivity index (χ1v) is 10.3. The smallest absolute Gasteiger partial charge is 0.226 e. The number of hydrogen-bond donors (Lipinski definition) is 4.